The molecule has 0 bridgehead atoms. The Kier molecular flexibility index (Phi) is 7.38. The summed E-state index contributed by atoms with van der Waals surface area (Å²) in [5.74, 6) is 0.257. The second kappa shape index (κ2) is 10.9. The van der Waals surface area contributed by atoms with Crippen LogP contribution in [0, 0.1) is 5.82 Å². The first-order chi connectivity index (χ1) is 18.4. The molecule has 3 aromatic carbocycles. The molecular weight excluding hydrogens is 509 g/mol. The molecule has 38 heavy (non-hydrogen) atoms. The first-order valence-electron chi connectivity index (χ1n) is 12.5. The smallest absolute Gasteiger partial charge is 0.291 e. The number of rotatable bonds is 9. The zero-order chi connectivity index (χ0) is 26.8. The molecule has 0 fully saturated rings. The van der Waals surface area contributed by atoms with E-state index in [2.05, 4.69) is 6.92 Å². The molecule has 1 amide bonds. The van der Waals surface area contributed by atoms with Gasteiger partial charge in [0, 0.05) is 11.6 Å². The van der Waals surface area contributed by atoms with Crippen LogP contribution in [0.1, 0.15) is 59.5 Å². The third-order valence-electron chi connectivity index (χ3n) is 6.70. The highest BCUT2D eigenvalue weighted by Gasteiger charge is 2.43. The molecule has 0 radical (unpaired) electrons. The van der Waals surface area contributed by atoms with Gasteiger partial charge in [-0.1, -0.05) is 49.6 Å². The van der Waals surface area contributed by atoms with E-state index in [9.17, 15) is 14.0 Å². The minimum Gasteiger partial charge on any atom is -0.493 e. The van der Waals surface area contributed by atoms with E-state index < -0.39 is 11.9 Å². The SMILES string of the molecule is CCCCCOc1ccc(C2c3c(oc4ccc(Cl)cc4c3=O)C(=O)N2Cc2ccc(F)cc2)cc1OC. The third-order valence-corrected chi connectivity index (χ3v) is 6.94. The monoisotopic (exact) mass is 535 g/mol. The van der Waals surface area contributed by atoms with Crippen molar-refractivity contribution in [2.45, 2.75) is 38.8 Å². The van der Waals surface area contributed by atoms with Crippen molar-refractivity contribution in [2.75, 3.05) is 13.7 Å². The predicted molar refractivity (Wildman–Crippen MR) is 144 cm³/mol. The summed E-state index contributed by atoms with van der Waals surface area (Å²) in [7, 11) is 1.55. The van der Waals surface area contributed by atoms with Gasteiger partial charge in [0.2, 0.25) is 5.76 Å². The molecule has 1 unspecified atom stereocenters. The zero-order valence-corrected chi connectivity index (χ0v) is 21.9. The van der Waals surface area contributed by atoms with E-state index in [0.29, 0.717) is 39.6 Å². The van der Waals surface area contributed by atoms with Crippen molar-refractivity contribution in [3.63, 3.8) is 0 Å². The highest BCUT2D eigenvalue weighted by Crippen LogP contribution is 2.42. The predicted octanol–water partition coefficient (Wildman–Crippen LogP) is 6.91. The van der Waals surface area contributed by atoms with Crippen LogP contribution in [0.25, 0.3) is 11.0 Å². The van der Waals surface area contributed by atoms with E-state index in [1.807, 2.05) is 6.07 Å². The van der Waals surface area contributed by atoms with E-state index in [4.69, 9.17) is 25.5 Å². The van der Waals surface area contributed by atoms with Gasteiger partial charge in [-0.05, 0) is 60.0 Å². The van der Waals surface area contributed by atoms with Crippen molar-refractivity contribution in [3.8, 4) is 11.5 Å². The van der Waals surface area contributed by atoms with Crippen molar-refractivity contribution < 1.29 is 23.1 Å². The second-order valence-electron chi connectivity index (χ2n) is 9.24. The number of hydrogen-bond donors (Lipinski definition) is 0. The van der Waals surface area contributed by atoms with Gasteiger partial charge in [0.15, 0.2) is 16.9 Å². The number of fused-ring (bicyclic) bond motifs is 2. The lowest BCUT2D eigenvalue weighted by molar-refractivity contribution is 0.0714. The Morgan fingerprint density at radius 2 is 1.79 bits per heavy atom. The molecule has 1 aliphatic heterocycles. The molecule has 0 saturated carbocycles. The molecular formula is C30H27ClFNO5. The first-order valence-corrected chi connectivity index (χ1v) is 12.9. The Morgan fingerprint density at radius 3 is 2.53 bits per heavy atom. The maximum absolute atomic E-state index is 13.8. The van der Waals surface area contributed by atoms with Crippen molar-refractivity contribution in [1.82, 2.24) is 4.90 Å². The molecule has 5 rings (SSSR count). The van der Waals surface area contributed by atoms with Crippen LogP contribution in [-0.4, -0.2) is 24.5 Å². The maximum Gasteiger partial charge on any atom is 0.291 e. The van der Waals surface area contributed by atoms with Crippen LogP contribution in [0.4, 0.5) is 4.39 Å². The summed E-state index contributed by atoms with van der Waals surface area (Å²) in [6.45, 7) is 2.82. The summed E-state index contributed by atoms with van der Waals surface area (Å²) in [5.41, 5.74) is 1.54. The van der Waals surface area contributed by atoms with Crippen LogP contribution in [0.15, 0.2) is 69.9 Å². The van der Waals surface area contributed by atoms with Gasteiger partial charge in [0.1, 0.15) is 11.4 Å². The fourth-order valence-electron chi connectivity index (χ4n) is 4.80. The summed E-state index contributed by atoms with van der Waals surface area (Å²) in [6, 6.07) is 15.3. The Hall–Kier alpha value is -3.84. The summed E-state index contributed by atoms with van der Waals surface area (Å²) < 4.78 is 31.1. The van der Waals surface area contributed by atoms with Crippen LogP contribution in [0.3, 0.4) is 0 Å². The quantitative estimate of drug-likeness (QED) is 0.218. The van der Waals surface area contributed by atoms with E-state index in [1.165, 1.54) is 12.1 Å². The zero-order valence-electron chi connectivity index (χ0n) is 21.1. The van der Waals surface area contributed by atoms with Gasteiger partial charge in [-0.15, -0.1) is 0 Å². The molecule has 0 spiro atoms. The van der Waals surface area contributed by atoms with E-state index in [0.717, 1.165) is 19.3 Å². The molecule has 0 N–H and O–H groups in total. The summed E-state index contributed by atoms with van der Waals surface area (Å²) in [5, 5.41) is 0.681. The summed E-state index contributed by atoms with van der Waals surface area (Å²) in [6.07, 6.45) is 3.07. The summed E-state index contributed by atoms with van der Waals surface area (Å²) in [4.78, 5) is 29.0. The standard InChI is InChI=1S/C30H27ClFNO5/c1-3-4-5-14-37-24-12-8-19(15-25(24)36-2)27-26-28(34)22-16-20(31)9-13-23(22)38-29(26)30(35)33(27)17-18-6-10-21(32)11-7-18/h6-13,15-16,27H,3-5,14,17H2,1-2H3. The van der Waals surface area contributed by atoms with Crippen LogP contribution in [0.2, 0.25) is 5.02 Å². The maximum atomic E-state index is 13.8. The highest BCUT2D eigenvalue weighted by molar-refractivity contribution is 6.31. The van der Waals surface area contributed by atoms with Crippen LogP contribution in [0.5, 0.6) is 11.5 Å². The number of ether oxygens (including phenoxy) is 2. The lowest BCUT2D eigenvalue weighted by Crippen LogP contribution is -2.29. The molecule has 0 aliphatic carbocycles. The van der Waals surface area contributed by atoms with Crippen LogP contribution < -0.4 is 14.9 Å². The largest absolute Gasteiger partial charge is 0.493 e. The normalized spacial score (nSPS) is 14.7. The Morgan fingerprint density at radius 1 is 1.00 bits per heavy atom. The molecule has 1 aromatic heterocycles. The Bertz CT molecular complexity index is 1550. The van der Waals surface area contributed by atoms with Gasteiger partial charge in [-0.3, -0.25) is 9.59 Å². The number of halogens is 2. The average molecular weight is 536 g/mol. The number of hydrogen-bond acceptors (Lipinski definition) is 5. The van der Waals surface area contributed by atoms with Crippen LogP contribution >= 0.6 is 11.6 Å². The lowest BCUT2D eigenvalue weighted by Gasteiger charge is -2.26. The number of carbonyl (C=O) groups is 1. The van der Waals surface area contributed by atoms with Crippen molar-refractivity contribution in [3.05, 3.63) is 104 Å². The Labute approximate surface area is 224 Å². The number of nitrogens with zero attached hydrogens (tertiary/aromatic N) is 1. The minimum absolute atomic E-state index is 0.0178. The van der Waals surface area contributed by atoms with E-state index >= 15 is 0 Å². The first kappa shape index (κ1) is 25.8. The number of amides is 1. The summed E-state index contributed by atoms with van der Waals surface area (Å²) >= 11 is 6.17. The van der Waals surface area contributed by atoms with Gasteiger partial charge in [-0.2, -0.15) is 0 Å². The van der Waals surface area contributed by atoms with Gasteiger partial charge >= 0.3 is 0 Å². The van der Waals surface area contributed by atoms with Crippen molar-refractivity contribution >= 4 is 28.5 Å². The molecule has 1 atom stereocenters. The molecule has 4 aromatic rings. The van der Waals surface area contributed by atoms with Crippen LogP contribution in [-0.2, 0) is 6.54 Å². The minimum atomic E-state index is -0.759. The molecule has 0 saturated heterocycles. The average Bonchev–Trinajstić information content (AvgIpc) is 3.19. The molecule has 2 heterocycles. The van der Waals surface area contributed by atoms with Crippen molar-refractivity contribution in [1.29, 1.82) is 0 Å². The molecule has 196 valence electrons. The van der Waals surface area contributed by atoms with E-state index in [1.54, 1.807) is 54.5 Å². The molecule has 6 nitrogen and oxygen atoms in total. The number of carbonyl (C=O) groups excluding carboxylic acids is 1. The van der Waals surface area contributed by atoms with Gasteiger partial charge in [0.25, 0.3) is 5.91 Å². The Balaban J connectivity index is 1.62. The third kappa shape index (κ3) is 4.86. The van der Waals surface area contributed by atoms with Gasteiger partial charge in [0.05, 0.1) is 30.7 Å². The number of benzene rings is 3. The number of unbranched alkanes of at least 4 members (excludes halogenated alkanes) is 2. The topological polar surface area (TPSA) is 69.0 Å². The van der Waals surface area contributed by atoms with Gasteiger partial charge < -0.3 is 18.8 Å². The fraction of sp³-hybridized carbons (Fsp3) is 0.267. The van der Waals surface area contributed by atoms with Gasteiger partial charge in [-0.25, -0.2) is 4.39 Å². The van der Waals surface area contributed by atoms with E-state index in [-0.39, 0.29) is 34.7 Å². The molecule has 1 aliphatic rings. The highest BCUT2D eigenvalue weighted by atomic mass is 35.5. The number of methoxy groups -OCH3 is 1. The second-order valence-corrected chi connectivity index (χ2v) is 9.68. The van der Waals surface area contributed by atoms with Crippen molar-refractivity contribution in [2.24, 2.45) is 0 Å². The fourth-order valence-corrected chi connectivity index (χ4v) is 4.97. The molecule has 8 heteroatoms. The lowest BCUT2D eigenvalue weighted by atomic mass is 9.97.